The zero-order valence-corrected chi connectivity index (χ0v) is 16.4. The number of carbonyl (C=O) groups is 1. The summed E-state index contributed by atoms with van der Waals surface area (Å²) in [7, 11) is 0. The lowest BCUT2D eigenvalue weighted by Gasteiger charge is -2.29. The number of pyridine rings is 1. The molecule has 1 aromatic carbocycles. The average Bonchev–Trinajstić information content (AvgIpc) is 2.77. The lowest BCUT2D eigenvalue weighted by molar-refractivity contribution is 0.0706. The maximum absolute atomic E-state index is 11.5. The van der Waals surface area contributed by atoms with Gasteiger partial charge in [0, 0.05) is 24.4 Å². The molecule has 1 saturated heterocycles. The molecule has 2 N–H and O–H groups in total. The minimum Gasteiger partial charge on any atom is -0.378 e. The first kappa shape index (κ1) is 20.5. The van der Waals surface area contributed by atoms with Crippen LogP contribution in [0.15, 0.2) is 59.9 Å². The van der Waals surface area contributed by atoms with Crippen molar-refractivity contribution in [3.05, 3.63) is 66.0 Å². The fourth-order valence-electron chi connectivity index (χ4n) is 2.93. The van der Waals surface area contributed by atoms with E-state index in [1.807, 2.05) is 42.3 Å². The zero-order chi connectivity index (χ0) is 20.6. The van der Waals surface area contributed by atoms with Gasteiger partial charge in [-0.2, -0.15) is 0 Å². The monoisotopic (exact) mass is 395 g/mol. The van der Waals surface area contributed by atoms with Gasteiger partial charge in [0.25, 0.3) is 5.91 Å². The molecule has 0 saturated carbocycles. The highest BCUT2D eigenvalue weighted by Gasteiger charge is 2.13. The molecule has 1 amide bonds. The van der Waals surface area contributed by atoms with Gasteiger partial charge in [-0.15, -0.1) is 0 Å². The lowest BCUT2D eigenvalue weighted by Crippen LogP contribution is -2.36. The zero-order valence-electron chi connectivity index (χ0n) is 16.4. The summed E-state index contributed by atoms with van der Waals surface area (Å²) in [6.07, 6.45) is 3.56. The molecule has 8 nitrogen and oxygen atoms in total. The SMILES string of the molecule is C=C(C)/N=C/N(Cc1ccc(C(=O)NO)cc1)c1ccc(N2CCOCC2)cn1. The van der Waals surface area contributed by atoms with Crippen molar-refractivity contribution in [3.8, 4) is 0 Å². The summed E-state index contributed by atoms with van der Waals surface area (Å²) in [6.45, 7) is 9.32. The number of rotatable bonds is 7. The molecule has 0 spiro atoms. The van der Waals surface area contributed by atoms with Crippen LogP contribution in [0, 0.1) is 0 Å². The Morgan fingerprint density at radius 2 is 2.03 bits per heavy atom. The molecule has 3 rings (SSSR count). The van der Waals surface area contributed by atoms with Crippen LogP contribution in [0.3, 0.4) is 0 Å². The first-order valence-electron chi connectivity index (χ1n) is 9.35. The van der Waals surface area contributed by atoms with E-state index < -0.39 is 5.91 Å². The molecule has 0 bridgehead atoms. The Morgan fingerprint density at radius 1 is 1.31 bits per heavy atom. The topological polar surface area (TPSA) is 90.3 Å². The van der Waals surface area contributed by atoms with Gasteiger partial charge >= 0.3 is 0 Å². The summed E-state index contributed by atoms with van der Waals surface area (Å²) >= 11 is 0. The van der Waals surface area contributed by atoms with Crippen molar-refractivity contribution in [2.45, 2.75) is 13.5 Å². The molecule has 29 heavy (non-hydrogen) atoms. The van der Waals surface area contributed by atoms with Crippen molar-refractivity contribution < 1.29 is 14.7 Å². The van der Waals surface area contributed by atoms with E-state index in [0.717, 1.165) is 43.4 Å². The second-order valence-electron chi connectivity index (χ2n) is 6.72. The highest BCUT2D eigenvalue weighted by Crippen LogP contribution is 2.20. The van der Waals surface area contributed by atoms with E-state index in [4.69, 9.17) is 9.94 Å². The van der Waals surface area contributed by atoms with Gasteiger partial charge in [0.05, 0.1) is 38.0 Å². The van der Waals surface area contributed by atoms with Crippen molar-refractivity contribution in [1.82, 2.24) is 10.5 Å². The minimum absolute atomic E-state index is 0.381. The van der Waals surface area contributed by atoms with E-state index in [9.17, 15) is 4.79 Å². The Labute approximate surface area is 170 Å². The number of aromatic nitrogens is 1. The van der Waals surface area contributed by atoms with Crippen LogP contribution < -0.4 is 15.3 Å². The second kappa shape index (κ2) is 9.81. The first-order valence-corrected chi connectivity index (χ1v) is 9.35. The van der Waals surface area contributed by atoms with Crippen LogP contribution in [0.1, 0.15) is 22.8 Å². The molecule has 1 aliphatic rings. The third-order valence-electron chi connectivity index (χ3n) is 4.49. The number of hydrogen-bond donors (Lipinski definition) is 2. The average molecular weight is 395 g/mol. The van der Waals surface area contributed by atoms with Crippen molar-refractivity contribution >= 4 is 23.8 Å². The fraction of sp³-hybridized carbons (Fsp3) is 0.286. The Bertz CT molecular complexity index is 859. The van der Waals surface area contributed by atoms with Crippen LogP contribution in [0.2, 0.25) is 0 Å². The molecule has 152 valence electrons. The number of nitrogens with one attached hydrogen (secondary N) is 1. The van der Waals surface area contributed by atoms with E-state index in [-0.39, 0.29) is 0 Å². The van der Waals surface area contributed by atoms with Crippen LogP contribution in [0.25, 0.3) is 0 Å². The number of nitrogens with zero attached hydrogens (tertiary/aromatic N) is 4. The van der Waals surface area contributed by atoms with Crippen LogP contribution in [-0.4, -0.2) is 48.7 Å². The smallest absolute Gasteiger partial charge is 0.274 e. The van der Waals surface area contributed by atoms with Gasteiger partial charge < -0.3 is 14.5 Å². The molecule has 1 aliphatic heterocycles. The lowest BCUT2D eigenvalue weighted by atomic mass is 10.1. The van der Waals surface area contributed by atoms with Gasteiger partial charge in [-0.05, 0) is 36.8 Å². The summed E-state index contributed by atoms with van der Waals surface area (Å²) in [4.78, 5) is 24.6. The molecule has 2 aromatic rings. The van der Waals surface area contributed by atoms with E-state index in [0.29, 0.717) is 17.8 Å². The molecule has 0 aliphatic carbocycles. The van der Waals surface area contributed by atoms with Gasteiger partial charge in [0.2, 0.25) is 0 Å². The largest absolute Gasteiger partial charge is 0.378 e. The molecule has 2 heterocycles. The Balaban J connectivity index is 1.77. The van der Waals surface area contributed by atoms with Gasteiger partial charge in [-0.1, -0.05) is 18.7 Å². The molecule has 0 atom stereocenters. The van der Waals surface area contributed by atoms with Crippen LogP contribution in [0.5, 0.6) is 0 Å². The van der Waals surface area contributed by atoms with E-state index >= 15 is 0 Å². The molecular weight excluding hydrogens is 370 g/mol. The molecule has 1 fully saturated rings. The van der Waals surface area contributed by atoms with Crippen LogP contribution >= 0.6 is 0 Å². The summed E-state index contributed by atoms with van der Waals surface area (Å²) in [5.41, 5.74) is 4.73. The van der Waals surface area contributed by atoms with E-state index in [1.54, 1.807) is 24.0 Å². The third-order valence-corrected chi connectivity index (χ3v) is 4.49. The van der Waals surface area contributed by atoms with Gasteiger partial charge in [-0.25, -0.2) is 15.5 Å². The normalized spacial score (nSPS) is 14.1. The maximum Gasteiger partial charge on any atom is 0.274 e. The number of carbonyl (C=O) groups excluding carboxylic acids is 1. The molecular formula is C21H25N5O3. The van der Waals surface area contributed by atoms with Crippen LogP contribution in [-0.2, 0) is 11.3 Å². The van der Waals surface area contributed by atoms with Gasteiger partial charge in [0.1, 0.15) is 5.82 Å². The number of amides is 1. The Morgan fingerprint density at radius 3 is 2.62 bits per heavy atom. The number of ether oxygens (including phenoxy) is 1. The quantitative estimate of drug-likeness (QED) is 0.324. The minimum atomic E-state index is -0.544. The first-order chi connectivity index (χ1) is 14.1. The second-order valence-corrected chi connectivity index (χ2v) is 6.72. The predicted octanol–water partition coefficient (Wildman–Crippen LogP) is 2.61. The van der Waals surface area contributed by atoms with Crippen LogP contribution in [0.4, 0.5) is 11.5 Å². The fourth-order valence-corrected chi connectivity index (χ4v) is 2.93. The summed E-state index contributed by atoms with van der Waals surface area (Å²) in [6, 6.07) is 11.0. The van der Waals surface area contributed by atoms with Crippen molar-refractivity contribution in [1.29, 1.82) is 0 Å². The molecule has 1 aromatic heterocycles. The summed E-state index contributed by atoms with van der Waals surface area (Å²) < 4.78 is 5.40. The molecule has 8 heteroatoms. The van der Waals surface area contributed by atoms with E-state index in [1.165, 1.54) is 0 Å². The number of benzene rings is 1. The number of allylic oxidation sites excluding steroid dienone is 1. The summed E-state index contributed by atoms with van der Waals surface area (Å²) in [5, 5.41) is 8.74. The number of hydrogen-bond acceptors (Lipinski definition) is 6. The standard InChI is InChI=1S/C21H25N5O3/c1-16(2)23-15-26(14-17-3-5-18(6-4-17)21(27)24-28)20-8-7-19(13-22-20)25-9-11-29-12-10-25/h3-8,13,15,28H,1,9-12,14H2,2H3,(H,24,27)/b23-15+. The summed E-state index contributed by atoms with van der Waals surface area (Å²) in [5.74, 6) is 0.210. The Kier molecular flexibility index (Phi) is 6.94. The highest BCUT2D eigenvalue weighted by atomic mass is 16.5. The van der Waals surface area contributed by atoms with Crippen molar-refractivity contribution in [2.75, 3.05) is 36.1 Å². The van der Waals surface area contributed by atoms with Gasteiger partial charge in [0.15, 0.2) is 0 Å². The Hall–Kier alpha value is -3.23. The maximum atomic E-state index is 11.5. The number of aliphatic imine (C=N–C) groups is 1. The molecule has 0 radical (unpaired) electrons. The van der Waals surface area contributed by atoms with Crippen molar-refractivity contribution in [3.63, 3.8) is 0 Å². The predicted molar refractivity (Wildman–Crippen MR) is 112 cm³/mol. The highest BCUT2D eigenvalue weighted by molar-refractivity contribution is 5.93. The molecule has 0 unspecified atom stereocenters. The van der Waals surface area contributed by atoms with Gasteiger partial charge in [-0.3, -0.25) is 10.0 Å². The van der Waals surface area contributed by atoms with E-state index in [2.05, 4.69) is 21.5 Å². The number of anilines is 2. The number of morpholine rings is 1. The third kappa shape index (κ3) is 5.63. The number of hydroxylamine groups is 1. The van der Waals surface area contributed by atoms with Crippen molar-refractivity contribution in [2.24, 2.45) is 4.99 Å².